The molecule has 0 saturated carbocycles. The first-order chi connectivity index (χ1) is 9.30. The van der Waals surface area contributed by atoms with E-state index in [9.17, 15) is 4.79 Å². The number of likely N-dealkylation sites (tertiary alicyclic amines) is 1. The van der Waals surface area contributed by atoms with Gasteiger partial charge >= 0.3 is 6.09 Å². The summed E-state index contributed by atoms with van der Waals surface area (Å²) in [6, 6.07) is 0.832. The average molecular weight is 285 g/mol. The summed E-state index contributed by atoms with van der Waals surface area (Å²) < 4.78 is 5.25. The third-order valence-corrected chi connectivity index (χ3v) is 3.48. The van der Waals surface area contributed by atoms with Crippen molar-refractivity contribution < 1.29 is 9.53 Å². The van der Waals surface area contributed by atoms with Gasteiger partial charge < -0.3 is 20.3 Å². The van der Waals surface area contributed by atoms with Crippen LogP contribution in [0.3, 0.4) is 0 Å². The molecular weight excluding hydrogens is 254 g/mol. The lowest BCUT2D eigenvalue weighted by Gasteiger charge is -2.33. The molecule has 2 unspecified atom stereocenters. The van der Waals surface area contributed by atoms with Crippen molar-refractivity contribution in [2.75, 3.05) is 26.7 Å². The van der Waals surface area contributed by atoms with E-state index < -0.39 is 5.60 Å². The Bertz CT molecular complexity index is 302. The van der Waals surface area contributed by atoms with Crippen LogP contribution in [-0.2, 0) is 4.74 Å². The number of hydrogen-bond donors (Lipinski definition) is 2. The van der Waals surface area contributed by atoms with Crippen molar-refractivity contribution in [3.8, 4) is 0 Å². The summed E-state index contributed by atoms with van der Waals surface area (Å²) in [5, 5.41) is 6.50. The van der Waals surface area contributed by atoms with Crippen LogP contribution in [0.4, 0.5) is 4.79 Å². The number of alkyl carbamates (subject to hydrolysis) is 1. The fraction of sp³-hybridized carbons (Fsp3) is 0.933. The molecule has 0 aromatic rings. The molecule has 5 nitrogen and oxygen atoms in total. The van der Waals surface area contributed by atoms with E-state index in [2.05, 4.69) is 29.5 Å². The van der Waals surface area contributed by atoms with Crippen molar-refractivity contribution in [3.63, 3.8) is 0 Å². The highest BCUT2D eigenvalue weighted by Crippen LogP contribution is 2.10. The molecule has 5 heteroatoms. The molecule has 1 aliphatic heterocycles. The summed E-state index contributed by atoms with van der Waals surface area (Å²) >= 11 is 0. The largest absolute Gasteiger partial charge is 0.444 e. The van der Waals surface area contributed by atoms with Crippen LogP contribution in [-0.4, -0.2) is 55.4 Å². The number of ether oxygens (including phenoxy) is 1. The Morgan fingerprint density at radius 1 is 1.45 bits per heavy atom. The maximum absolute atomic E-state index is 11.7. The average Bonchev–Trinajstić information content (AvgIpc) is 2.32. The quantitative estimate of drug-likeness (QED) is 0.811. The molecule has 1 heterocycles. The minimum atomic E-state index is -0.439. The topological polar surface area (TPSA) is 53.6 Å². The fourth-order valence-electron chi connectivity index (χ4n) is 2.48. The first-order valence-electron chi connectivity index (χ1n) is 7.71. The molecule has 1 aliphatic rings. The second-order valence-corrected chi connectivity index (χ2v) is 6.76. The third-order valence-electron chi connectivity index (χ3n) is 3.48. The summed E-state index contributed by atoms with van der Waals surface area (Å²) in [6.07, 6.45) is 3.12. The lowest BCUT2D eigenvalue weighted by Crippen LogP contribution is -2.51. The highest BCUT2D eigenvalue weighted by Gasteiger charge is 2.21. The van der Waals surface area contributed by atoms with E-state index in [0.29, 0.717) is 18.6 Å². The molecule has 2 N–H and O–H groups in total. The van der Waals surface area contributed by atoms with Crippen molar-refractivity contribution >= 4 is 6.09 Å². The fourth-order valence-corrected chi connectivity index (χ4v) is 2.48. The van der Waals surface area contributed by atoms with Gasteiger partial charge in [0.15, 0.2) is 0 Å². The smallest absolute Gasteiger partial charge is 0.407 e. The van der Waals surface area contributed by atoms with Crippen LogP contribution in [0.15, 0.2) is 0 Å². The summed E-state index contributed by atoms with van der Waals surface area (Å²) in [5.74, 6) is 0. The summed E-state index contributed by atoms with van der Waals surface area (Å²) in [7, 11) is 2.16. The van der Waals surface area contributed by atoms with Gasteiger partial charge in [0.1, 0.15) is 5.60 Å². The SMILES string of the molecule is CCC(CNC(=O)OC(C)(C)C)NC1CCCN(C)C1. The maximum atomic E-state index is 11.7. The Labute approximate surface area is 123 Å². The molecular formula is C15H31N3O2. The van der Waals surface area contributed by atoms with Crippen LogP contribution in [0, 0.1) is 0 Å². The Kier molecular flexibility index (Phi) is 6.76. The van der Waals surface area contributed by atoms with Crippen LogP contribution in [0.25, 0.3) is 0 Å². The van der Waals surface area contributed by atoms with Gasteiger partial charge in [0, 0.05) is 25.2 Å². The van der Waals surface area contributed by atoms with Gasteiger partial charge in [-0.1, -0.05) is 6.92 Å². The van der Waals surface area contributed by atoms with Crippen molar-refractivity contribution in [1.82, 2.24) is 15.5 Å². The molecule has 0 spiro atoms. The maximum Gasteiger partial charge on any atom is 0.407 e. The monoisotopic (exact) mass is 285 g/mol. The van der Waals surface area contributed by atoms with Crippen molar-refractivity contribution in [3.05, 3.63) is 0 Å². The molecule has 20 heavy (non-hydrogen) atoms. The van der Waals surface area contributed by atoms with Gasteiger partial charge in [-0.05, 0) is 53.6 Å². The number of piperidine rings is 1. The summed E-state index contributed by atoms with van der Waals surface area (Å²) in [4.78, 5) is 14.0. The van der Waals surface area contributed by atoms with E-state index in [4.69, 9.17) is 4.74 Å². The van der Waals surface area contributed by atoms with E-state index in [-0.39, 0.29) is 6.09 Å². The highest BCUT2D eigenvalue weighted by molar-refractivity contribution is 5.67. The lowest BCUT2D eigenvalue weighted by atomic mass is 10.0. The standard InChI is InChI=1S/C15H31N3O2/c1-6-12(10-16-14(19)20-15(2,3)4)17-13-8-7-9-18(5)11-13/h12-13,17H,6-11H2,1-5H3,(H,16,19). The third kappa shape index (κ3) is 7.10. The number of carbonyl (C=O) groups excluding carboxylic acids is 1. The van der Waals surface area contributed by atoms with Gasteiger partial charge in [0.2, 0.25) is 0 Å². The molecule has 0 aromatic heterocycles. The van der Waals surface area contributed by atoms with Crippen LogP contribution in [0.1, 0.15) is 47.0 Å². The number of amides is 1. The second kappa shape index (κ2) is 7.84. The van der Waals surface area contributed by atoms with Crippen molar-refractivity contribution in [2.45, 2.75) is 64.6 Å². The molecule has 0 bridgehead atoms. The molecule has 1 amide bonds. The molecule has 1 rings (SSSR count). The molecule has 0 aliphatic carbocycles. The van der Waals surface area contributed by atoms with Crippen LogP contribution in [0.2, 0.25) is 0 Å². The first kappa shape index (κ1) is 17.2. The summed E-state index contributed by atoms with van der Waals surface area (Å²) in [6.45, 7) is 10.7. The van der Waals surface area contributed by atoms with Gasteiger partial charge in [-0.25, -0.2) is 4.79 Å². The molecule has 2 atom stereocenters. The zero-order valence-electron chi connectivity index (χ0n) is 13.7. The van der Waals surface area contributed by atoms with Crippen molar-refractivity contribution in [2.24, 2.45) is 0 Å². The minimum Gasteiger partial charge on any atom is -0.444 e. The van der Waals surface area contributed by atoms with Crippen LogP contribution < -0.4 is 10.6 Å². The number of carbonyl (C=O) groups is 1. The van der Waals surface area contributed by atoms with Gasteiger partial charge in [0.05, 0.1) is 0 Å². The van der Waals surface area contributed by atoms with Gasteiger partial charge in [-0.15, -0.1) is 0 Å². The first-order valence-corrected chi connectivity index (χ1v) is 7.71. The van der Waals surface area contributed by atoms with E-state index in [0.717, 1.165) is 13.0 Å². The van der Waals surface area contributed by atoms with E-state index in [1.165, 1.54) is 19.4 Å². The number of nitrogens with zero attached hydrogens (tertiary/aromatic N) is 1. The Balaban J connectivity index is 2.30. The predicted molar refractivity (Wildman–Crippen MR) is 82.0 cm³/mol. The van der Waals surface area contributed by atoms with E-state index in [1.54, 1.807) is 0 Å². The number of likely N-dealkylation sites (N-methyl/N-ethyl adjacent to an activating group) is 1. The number of hydrogen-bond acceptors (Lipinski definition) is 4. The Hall–Kier alpha value is -0.810. The minimum absolute atomic E-state index is 0.305. The molecule has 118 valence electrons. The lowest BCUT2D eigenvalue weighted by molar-refractivity contribution is 0.0520. The zero-order chi connectivity index (χ0) is 15.2. The number of rotatable bonds is 5. The Morgan fingerprint density at radius 2 is 2.15 bits per heavy atom. The summed E-state index contributed by atoms with van der Waals surface area (Å²) in [5.41, 5.74) is -0.439. The second-order valence-electron chi connectivity index (χ2n) is 6.76. The van der Waals surface area contributed by atoms with Crippen molar-refractivity contribution in [1.29, 1.82) is 0 Å². The van der Waals surface area contributed by atoms with Gasteiger partial charge in [0.25, 0.3) is 0 Å². The Morgan fingerprint density at radius 3 is 2.70 bits per heavy atom. The van der Waals surface area contributed by atoms with E-state index >= 15 is 0 Å². The molecule has 0 radical (unpaired) electrons. The normalized spacial score (nSPS) is 22.4. The molecule has 0 aromatic carbocycles. The van der Waals surface area contributed by atoms with Crippen LogP contribution >= 0.6 is 0 Å². The van der Waals surface area contributed by atoms with Crippen LogP contribution in [0.5, 0.6) is 0 Å². The molecule has 1 saturated heterocycles. The van der Waals surface area contributed by atoms with Gasteiger partial charge in [-0.3, -0.25) is 0 Å². The predicted octanol–water partition coefficient (Wildman–Crippen LogP) is 1.97. The molecule has 1 fully saturated rings. The van der Waals surface area contributed by atoms with Gasteiger partial charge in [-0.2, -0.15) is 0 Å². The zero-order valence-corrected chi connectivity index (χ0v) is 13.7. The van der Waals surface area contributed by atoms with E-state index in [1.807, 2.05) is 20.8 Å². The highest BCUT2D eigenvalue weighted by atomic mass is 16.6. The number of nitrogens with one attached hydrogen (secondary N) is 2.